The lowest BCUT2D eigenvalue weighted by atomic mass is 10.2. The van der Waals surface area contributed by atoms with Crippen molar-refractivity contribution in [2.75, 3.05) is 45.6 Å². The highest BCUT2D eigenvalue weighted by Gasteiger charge is 2.22. The maximum absolute atomic E-state index is 10.5. The summed E-state index contributed by atoms with van der Waals surface area (Å²) in [5, 5.41) is 14.4. The van der Waals surface area contributed by atoms with E-state index in [4.69, 9.17) is 0 Å². The Hall–Kier alpha value is -1.25. The average Bonchev–Trinajstić information content (AvgIpc) is 2.79. The van der Waals surface area contributed by atoms with Crippen molar-refractivity contribution in [1.29, 1.82) is 0 Å². The quantitative estimate of drug-likeness (QED) is 0.642. The van der Waals surface area contributed by atoms with E-state index < -0.39 is 4.92 Å². The second kappa shape index (κ2) is 5.59. The molecular formula is C10H17N5O2S. The topological polar surface area (TPSA) is 74.5 Å². The molecule has 1 aromatic rings. The second-order valence-corrected chi connectivity index (χ2v) is 5.55. The lowest BCUT2D eigenvalue weighted by Gasteiger charge is -2.37. The summed E-state index contributed by atoms with van der Waals surface area (Å²) in [4.78, 5) is 18.7. The van der Waals surface area contributed by atoms with Crippen molar-refractivity contribution in [3.63, 3.8) is 0 Å². The summed E-state index contributed by atoms with van der Waals surface area (Å²) in [6.45, 7) is 3.87. The highest BCUT2D eigenvalue weighted by molar-refractivity contribution is 7.18. The van der Waals surface area contributed by atoms with E-state index in [9.17, 15) is 10.1 Å². The average molecular weight is 271 g/mol. The summed E-state index contributed by atoms with van der Waals surface area (Å²) in [5.41, 5.74) is 0. The summed E-state index contributed by atoms with van der Waals surface area (Å²) in [5.74, 6) is 0. The number of nitrogens with one attached hydrogen (secondary N) is 1. The van der Waals surface area contributed by atoms with E-state index in [1.54, 1.807) is 0 Å². The molecule has 1 fully saturated rings. The molecule has 1 N–H and O–H groups in total. The van der Waals surface area contributed by atoms with Crippen LogP contribution in [0.2, 0.25) is 0 Å². The van der Waals surface area contributed by atoms with Crippen LogP contribution >= 0.6 is 11.3 Å². The second-order valence-electron chi connectivity index (χ2n) is 4.54. The van der Waals surface area contributed by atoms with Gasteiger partial charge < -0.3 is 10.2 Å². The third-order valence-corrected chi connectivity index (χ3v) is 4.05. The summed E-state index contributed by atoms with van der Waals surface area (Å²) in [6, 6.07) is 0.409. The van der Waals surface area contributed by atoms with Crippen LogP contribution in [0.3, 0.4) is 0 Å². The molecule has 2 heterocycles. The molecule has 0 aromatic carbocycles. The molecule has 1 aromatic heterocycles. The van der Waals surface area contributed by atoms with Crippen molar-refractivity contribution in [3.05, 3.63) is 16.3 Å². The minimum absolute atomic E-state index is 0.0756. The number of aromatic nitrogens is 1. The number of likely N-dealkylation sites (N-methyl/N-ethyl adjacent to an activating group) is 2. The lowest BCUT2D eigenvalue weighted by Crippen LogP contribution is -2.52. The fourth-order valence-electron chi connectivity index (χ4n) is 1.96. The number of nitrogens with zero attached hydrogens (tertiary/aromatic N) is 4. The Kier molecular flexibility index (Phi) is 4.10. The zero-order valence-corrected chi connectivity index (χ0v) is 11.3. The van der Waals surface area contributed by atoms with E-state index >= 15 is 0 Å². The highest BCUT2D eigenvalue weighted by atomic mass is 32.1. The van der Waals surface area contributed by atoms with Crippen molar-refractivity contribution in [3.8, 4) is 0 Å². The zero-order valence-electron chi connectivity index (χ0n) is 10.5. The van der Waals surface area contributed by atoms with Gasteiger partial charge >= 0.3 is 5.00 Å². The zero-order chi connectivity index (χ0) is 13.1. The molecule has 18 heavy (non-hydrogen) atoms. The van der Waals surface area contributed by atoms with Gasteiger partial charge in [-0.15, -0.1) is 0 Å². The molecule has 1 unspecified atom stereocenters. The number of hydrogen-bond donors (Lipinski definition) is 1. The van der Waals surface area contributed by atoms with Crippen LogP contribution in [0.25, 0.3) is 0 Å². The first-order chi connectivity index (χ1) is 8.56. The lowest BCUT2D eigenvalue weighted by molar-refractivity contribution is -0.380. The Labute approximate surface area is 110 Å². The number of anilines is 1. The number of rotatable bonds is 4. The van der Waals surface area contributed by atoms with Gasteiger partial charge in [-0.2, -0.15) is 0 Å². The first-order valence-corrected chi connectivity index (χ1v) is 6.61. The molecule has 0 spiro atoms. The van der Waals surface area contributed by atoms with Crippen LogP contribution < -0.4 is 5.32 Å². The fourth-order valence-corrected chi connectivity index (χ4v) is 2.60. The molecule has 100 valence electrons. The van der Waals surface area contributed by atoms with E-state index in [0.29, 0.717) is 11.2 Å². The number of hydrogen-bond acceptors (Lipinski definition) is 7. The first kappa shape index (κ1) is 13.2. The number of thiazole rings is 1. The van der Waals surface area contributed by atoms with E-state index in [1.807, 2.05) is 0 Å². The predicted octanol–water partition coefficient (Wildman–Crippen LogP) is 0.709. The minimum atomic E-state index is -0.413. The molecule has 0 saturated carbocycles. The van der Waals surface area contributed by atoms with Crippen LogP contribution in [0.1, 0.15) is 0 Å². The van der Waals surface area contributed by atoms with Crippen LogP contribution in [0.4, 0.5) is 10.1 Å². The van der Waals surface area contributed by atoms with Crippen LogP contribution in [0, 0.1) is 10.1 Å². The Morgan fingerprint density at radius 1 is 1.61 bits per heavy atom. The molecule has 1 atom stereocenters. The van der Waals surface area contributed by atoms with Gasteiger partial charge in [-0.05, 0) is 25.4 Å². The highest BCUT2D eigenvalue weighted by Crippen LogP contribution is 2.25. The maximum Gasteiger partial charge on any atom is 0.345 e. The molecule has 0 amide bonds. The van der Waals surface area contributed by atoms with Crippen molar-refractivity contribution in [2.24, 2.45) is 0 Å². The third-order valence-electron chi connectivity index (χ3n) is 3.14. The van der Waals surface area contributed by atoms with Gasteiger partial charge in [-0.1, -0.05) is 0 Å². The fraction of sp³-hybridized carbons (Fsp3) is 0.700. The first-order valence-electron chi connectivity index (χ1n) is 5.79. The Morgan fingerprint density at radius 2 is 2.39 bits per heavy atom. The number of piperazine rings is 1. The van der Waals surface area contributed by atoms with Gasteiger partial charge in [0.05, 0.1) is 4.92 Å². The molecule has 1 aliphatic rings. The van der Waals surface area contributed by atoms with Gasteiger partial charge in [0.2, 0.25) is 0 Å². The molecule has 8 heteroatoms. The smallest absolute Gasteiger partial charge is 0.345 e. The summed E-state index contributed by atoms with van der Waals surface area (Å²) < 4.78 is 0. The van der Waals surface area contributed by atoms with E-state index in [-0.39, 0.29) is 5.00 Å². The molecule has 1 saturated heterocycles. The largest absolute Gasteiger partial charge is 0.360 e. The molecule has 0 bridgehead atoms. The third kappa shape index (κ3) is 3.15. The normalized spacial score (nSPS) is 22.0. The molecule has 0 aliphatic carbocycles. The molecule has 1 aliphatic heterocycles. The maximum atomic E-state index is 10.5. The van der Waals surface area contributed by atoms with Gasteiger partial charge in [0.25, 0.3) is 0 Å². The van der Waals surface area contributed by atoms with Gasteiger partial charge in [0.15, 0.2) is 5.13 Å². The monoisotopic (exact) mass is 271 g/mol. The SMILES string of the molecule is CN1CCN(C)C(CNc2ncc([N+](=O)[O-])s2)C1. The molecule has 0 radical (unpaired) electrons. The van der Waals surface area contributed by atoms with Crippen molar-refractivity contribution < 1.29 is 4.92 Å². The van der Waals surface area contributed by atoms with E-state index in [2.05, 4.69) is 34.2 Å². The van der Waals surface area contributed by atoms with E-state index in [1.165, 1.54) is 6.20 Å². The van der Waals surface area contributed by atoms with Gasteiger partial charge in [0, 0.05) is 32.2 Å². The van der Waals surface area contributed by atoms with Crippen LogP contribution in [-0.2, 0) is 0 Å². The molecular weight excluding hydrogens is 254 g/mol. The molecule has 2 rings (SSSR count). The van der Waals surface area contributed by atoms with Crippen LogP contribution in [-0.4, -0.2) is 66.0 Å². The number of nitro groups is 1. The van der Waals surface area contributed by atoms with Crippen LogP contribution in [0.15, 0.2) is 6.20 Å². The van der Waals surface area contributed by atoms with Gasteiger partial charge in [-0.25, -0.2) is 4.98 Å². The molecule has 7 nitrogen and oxygen atoms in total. The summed E-state index contributed by atoms with van der Waals surface area (Å²) in [6.07, 6.45) is 1.30. The van der Waals surface area contributed by atoms with Crippen molar-refractivity contribution >= 4 is 21.5 Å². The van der Waals surface area contributed by atoms with Gasteiger partial charge in [-0.3, -0.25) is 15.0 Å². The standard InChI is InChI=1S/C10H17N5O2S/c1-13-3-4-14(2)8(7-13)5-11-10-12-6-9(18-10)15(16)17/h6,8H,3-5,7H2,1-2H3,(H,11,12). The predicted molar refractivity (Wildman–Crippen MR) is 71.2 cm³/mol. The Morgan fingerprint density at radius 3 is 3.06 bits per heavy atom. The summed E-state index contributed by atoms with van der Waals surface area (Å²) in [7, 11) is 4.21. The Bertz CT molecular complexity index is 424. The van der Waals surface area contributed by atoms with E-state index in [0.717, 1.165) is 37.5 Å². The summed E-state index contributed by atoms with van der Waals surface area (Å²) >= 11 is 1.08. The van der Waals surface area contributed by atoms with Gasteiger partial charge in [0.1, 0.15) is 6.20 Å². The minimum Gasteiger partial charge on any atom is -0.360 e. The van der Waals surface area contributed by atoms with Crippen molar-refractivity contribution in [1.82, 2.24) is 14.8 Å². The van der Waals surface area contributed by atoms with Crippen molar-refractivity contribution in [2.45, 2.75) is 6.04 Å². The Balaban J connectivity index is 1.88. The van der Waals surface area contributed by atoms with Crippen LogP contribution in [0.5, 0.6) is 0 Å².